The molecule has 3 nitrogen and oxygen atoms in total. The molecule has 0 heterocycles. The topological polar surface area (TPSA) is 32.7 Å². The molecule has 1 N–H and O–H groups in total. The Hall–Kier alpha value is -2.32. The van der Waals surface area contributed by atoms with Crippen LogP contribution in [0.25, 0.3) is 0 Å². The summed E-state index contributed by atoms with van der Waals surface area (Å²) in [5.74, 6) is 0.827. The third-order valence-electron chi connectivity index (χ3n) is 4.67. The average molecular weight is 366 g/mol. The number of hydrogen-bond donors (Lipinski definition) is 1. The number of aliphatic hydroxyl groups excluding tert-OH is 1. The van der Waals surface area contributed by atoms with Crippen LogP contribution in [0.1, 0.15) is 31.4 Å². The van der Waals surface area contributed by atoms with E-state index in [1.807, 2.05) is 36.4 Å². The molecule has 0 spiro atoms. The van der Waals surface area contributed by atoms with Crippen molar-refractivity contribution in [2.24, 2.45) is 5.92 Å². The molecule has 0 bridgehead atoms. The Balaban J connectivity index is 2.36. The number of hydrogen-bond acceptors (Lipinski definition) is 3. The van der Waals surface area contributed by atoms with Crippen molar-refractivity contribution in [3.63, 3.8) is 0 Å². The lowest BCUT2D eigenvalue weighted by molar-refractivity contribution is 0.0189. The van der Waals surface area contributed by atoms with Crippen LogP contribution in [0.15, 0.2) is 78.7 Å². The molecule has 0 aliphatic rings. The molecule has 0 radical (unpaired) electrons. The highest BCUT2D eigenvalue weighted by Gasteiger charge is 2.30. The number of ether oxygens (including phenoxy) is 1. The quantitative estimate of drug-likeness (QED) is 0.486. The van der Waals surface area contributed by atoms with E-state index in [2.05, 4.69) is 55.3 Å². The fourth-order valence-corrected chi connectivity index (χ4v) is 3.36. The Morgan fingerprint density at radius 3 is 1.85 bits per heavy atom. The smallest absolute Gasteiger partial charge is 0.167 e. The minimum absolute atomic E-state index is 0.102. The molecular formula is C24H31NO2. The number of methoxy groups -OCH3 is 1. The molecule has 0 saturated carbocycles. The lowest BCUT2D eigenvalue weighted by Crippen LogP contribution is -2.44. The first-order valence-corrected chi connectivity index (χ1v) is 9.49. The lowest BCUT2D eigenvalue weighted by atomic mass is 9.95. The van der Waals surface area contributed by atoms with Gasteiger partial charge in [0.2, 0.25) is 0 Å². The van der Waals surface area contributed by atoms with Crippen molar-refractivity contribution in [2.45, 2.75) is 45.5 Å². The molecule has 2 aromatic rings. The van der Waals surface area contributed by atoms with E-state index in [0.717, 1.165) is 19.5 Å². The zero-order valence-electron chi connectivity index (χ0n) is 16.6. The highest BCUT2D eigenvalue weighted by molar-refractivity contribution is 5.18. The SMILES string of the molecule is C=C=C(OC)[C@@H](O)[C@H](CC(C)C)N(Cc1ccccc1)Cc1ccccc1. The minimum atomic E-state index is -0.776. The van der Waals surface area contributed by atoms with E-state index in [1.54, 1.807) is 7.11 Å². The largest absolute Gasteiger partial charge is 0.490 e. The molecule has 0 saturated heterocycles. The molecule has 144 valence electrons. The Kier molecular flexibility index (Phi) is 8.35. The molecule has 27 heavy (non-hydrogen) atoms. The van der Waals surface area contributed by atoms with Crippen LogP contribution in [0.2, 0.25) is 0 Å². The van der Waals surface area contributed by atoms with Gasteiger partial charge in [-0.15, -0.1) is 0 Å². The highest BCUT2D eigenvalue weighted by atomic mass is 16.5. The van der Waals surface area contributed by atoms with Crippen LogP contribution < -0.4 is 0 Å². The minimum Gasteiger partial charge on any atom is -0.490 e. The van der Waals surface area contributed by atoms with Crippen molar-refractivity contribution < 1.29 is 9.84 Å². The Labute approximate surface area is 163 Å². The van der Waals surface area contributed by atoms with Crippen molar-refractivity contribution in [1.29, 1.82) is 0 Å². The summed E-state index contributed by atoms with van der Waals surface area (Å²) < 4.78 is 5.34. The van der Waals surface area contributed by atoms with Crippen LogP contribution in [-0.4, -0.2) is 29.3 Å². The van der Waals surface area contributed by atoms with E-state index in [4.69, 9.17) is 4.74 Å². The van der Waals surface area contributed by atoms with E-state index in [1.165, 1.54) is 11.1 Å². The van der Waals surface area contributed by atoms with Gasteiger partial charge in [-0.2, -0.15) is 0 Å². The van der Waals surface area contributed by atoms with Crippen LogP contribution in [0.3, 0.4) is 0 Å². The summed E-state index contributed by atoms with van der Waals surface area (Å²) in [5, 5.41) is 11.0. The molecule has 2 aromatic carbocycles. The zero-order chi connectivity index (χ0) is 19.6. The molecule has 0 aliphatic carbocycles. The van der Waals surface area contributed by atoms with Gasteiger partial charge in [0.1, 0.15) is 6.10 Å². The summed E-state index contributed by atoms with van der Waals surface area (Å²) in [6.45, 7) is 9.52. The second kappa shape index (κ2) is 10.7. The normalized spacial score (nSPS) is 13.3. The second-order valence-corrected chi connectivity index (χ2v) is 7.26. The summed E-state index contributed by atoms with van der Waals surface area (Å²) in [4.78, 5) is 2.33. The number of benzene rings is 2. The maximum absolute atomic E-state index is 11.0. The first-order valence-electron chi connectivity index (χ1n) is 9.49. The summed E-state index contributed by atoms with van der Waals surface area (Å²) in [5.41, 5.74) is 5.19. The highest BCUT2D eigenvalue weighted by Crippen LogP contribution is 2.24. The van der Waals surface area contributed by atoms with Crippen molar-refractivity contribution in [3.8, 4) is 0 Å². The number of rotatable bonds is 10. The van der Waals surface area contributed by atoms with Crippen molar-refractivity contribution >= 4 is 0 Å². The van der Waals surface area contributed by atoms with Gasteiger partial charge in [0.15, 0.2) is 5.76 Å². The Morgan fingerprint density at radius 1 is 1.00 bits per heavy atom. The third-order valence-corrected chi connectivity index (χ3v) is 4.67. The lowest BCUT2D eigenvalue weighted by Gasteiger charge is -2.36. The fourth-order valence-electron chi connectivity index (χ4n) is 3.36. The van der Waals surface area contributed by atoms with Crippen molar-refractivity contribution in [2.75, 3.05) is 7.11 Å². The van der Waals surface area contributed by atoms with Crippen LogP contribution >= 0.6 is 0 Å². The van der Waals surface area contributed by atoms with Crippen molar-refractivity contribution in [3.05, 3.63) is 89.9 Å². The first-order chi connectivity index (χ1) is 13.0. The van der Waals surface area contributed by atoms with E-state index in [-0.39, 0.29) is 6.04 Å². The van der Waals surface area contributed by atoms with Crippen LogP contribution in [0.4, 0.5) is 0 Å². The first kappa shape index (κ1) is 21.0. The molecule has 2 atom stereocenters. The predicted octanol–water partition coefficient (Wildman–Crippen LogP) is 4.78. The molecule has 0 amide bonds. The van der Waals surface area contributed by atoms with Gasteiger partial charge >= 0.3 is 0 Å². The average Bonchev–Trinajstić information content (AvgIpc) is 2.68. The molecular weight excluding hydrogens is 334 g/mol. The van der Waals surface area contributed by atoms with E-state index in [9.17, 15) is 5.11 Å². The fraction of sp³-hybridized carbons (Fsp3) is 0.375. The van der Waals surface area contributed by atoms with E-state index >= 15 is 0 Å². The number of nitrogens with zero attached hydrogens (tertiary/aromatic N) is 1. The Morgan fingerprint density at radius 2 is 1.48 bits per heavy atom. The van der Waals surface area contributed by atoms with Gasteiger partial charge in [-0.05, 0) is 23.5 Å². The second-order valence-electron chi connectivity index (χ2n) is 7.26. The van der Waals surface area contributed by atoms with Gasteiger partial charge in [-0.25, -0.2) is 0 Å². The van der Waals surface area contributed by atoms with Crippen LogP contribution in [0.5, 0.6) is 0 Å². The summed E-state index contributed by atoms with van der Waals surface area (Å²) in [6.07, 6.45) is 0.0670. The van der Waals surface area contributed by atoms with Gasteiger partial charge in [-0.3, -0.25) is 4.90 Å². The third kappa shape index (κ3) is 6.41. The molecule has 0 aliphatic heterocycles. The van der Waals surface area contributed by atoms with Gasteiger partial charge in [-0.1, -0.05) is 86.8 Å². The van der Waals surface area contributed by atoms with Crippen LogP contribution in [0, 0.1) is 5.92 Å². The van der Waals surface area contributed by atoms with Gasteiger partial charge in [0.25, 0.3) is 0 Å². The molecule has 0 aromatic heterocycles. The van der Waals surface area contributed by atoms with Gasteiger partial charge in [0.05, 0.1) is 7.11 Å². The number of aliphatic hydroxyl groups is 1. The summed E-state index contributed by atoms with van der Waals surface area (Å²) in [7, 11) is 1.56. The monoisotopic (exact) mass is 365 g/mol. The van der Waals surface area contributed by atoms with Gasteiger partial charge in [0, 0.05) is 19.1 Å². The molecule has 0 unspecified atom stereocenters. The Bertz CT molecular complexity index is 679. The van der Waals surface area contributed by atoms with E-state index < -0.39 is 6.10 Å². The molecule has 2 rings (SSSR count). The maximum Gasteiger partial charge on any atom is 0.167 e. The standard InChI is InChI=1S/C24H31NO2/c1-5-23(27-4)24(26)22(16-19(2)3)25(17-20-12-8-6-9-13-20)18-21-14-10-7-11-15-21/h6-15,19,22,24,26H,1,16-18H2,2-4H3/t22-,24-/m0/s1. The predicted molar refractivity (Wildman–Crippen MR) is 111 cm³/mol. The van der Waals surface area contributed by atoms with E-state index in [0.29, 0.717) is 11.7 Å². The maximum atomic E-state index is 11.0. The van der Waals surface area contributed by atoms with Crippen molar-refractivity contribution in [1.82, 2.24) is 4.90 Å². The van der Waals surface area contributed by atoms with Crippen LogP contribution in [-0.2, 0) is 17.8 Å². The van der Waals surface area contributed by atoms with Gasteiger partial charge < -0.3 is 9.84 Å². The molecule has 3 heteroatoms. The summed E-state index contributed by atoms with van der Waals surface area (Å²) in [6, 6.07) is 20.6. The zero-order valence-corrected chi connectivity index (χ0v) is 16.6. The summed E-state index contributed by atoms with van der Waals surface area (Å²) >= 11 is 0. The molecule has 0 fully saturated rings.